The van der Waals surface area contributed by atoms with Crippen LogP contribution in [0.2, 0.25) is 0 Å². The fourth-order valence-electron chi connectivity index (χ4n) is 3.20. The first-order valence-electron chi connectivity index (χ1n) is 9.03. The molecular formula is C22H14N2O7. The van der Waals surface area contributed by atoms with Gasteiger partial charge in [-0.1, -0.05) is 12.1 Å². The van der Waals surface area contributed by atoms with E-state index in [4.69, 9.17) is 9.47 Å². The van der Waals surface area contributed by atoms with E-state index in [9.17, 15) is 24.5 Å². The van der Waals surface area contributed by atoms with Gasteiger partial charge in [0.05, 0.1) is 34.4 Å². The van der Waals surface area contributed by atoms with Crippen molar-refractivity contribution >= 4 is 29.2 Å². The van der Waals surface area contributed by atoms with Gasteiger partial charge in [0.25, 0.3) is 17.5 Å². The number of carbonyl (C=O) groups excluding carboxylic acids is 3. The molecule has 0 saturated heterocycles. The van der Waals surface area contributed by atoms with Gasteiger partial charge in [0.2, 0.25) is 0 Å². The molecule has 0 saturated carbocycles. The second kappa shape index (κ2) is 7.71. The number of rotatable bonds is 5. The predicted molar refractivity (Wildman–Crippen MR) is 109 cm³/mol. The van der Waals surface area contributed by atoms with E-state index in [0.29, 0.717) is 11.4 Å². The lowest BCUT2D eigenvalue weighted by Gasteiger charge is -2.16. The molecule has 0 radical (unpaired) electrons. The molecule has 1 heterocycles. The van der Waals surface area contributed by atoms with Crippen LogP contribution in [0.5, 0.6) is 11.5 Å². The number of nitro groups is 1. The highest BCUT2D eigenvalue weighted by atomic mass is 16.6. The quantitative estimate of drug-likeness (QED) is 0.204. The highest BCUT2D eigenvalue weighted by Crippen LogP contribution is 2.35. The number of methoxy groups -OCH3 is 1. The second-order valence-corrected chi connectivity index (χ2v) is 6.52. The molecule has 0 N–H and O–H groups in total. The lowest BCUT2D eigenvalue weighted by molar-refractivity contribution is -0.384. The minimum atomic E-state index is -0.771. The van der Waals surface area contributed by atoms with Gasteiger partial charge in [0.1, 0.15) is 11.5 Å². The number of benzene rings is 3. The summed E-state index contributed by atoms with van der Waals surface area (Å²) in [6, 6.07) is 15.7. The maximum Gasteiger partial charge on any atom is 0.343 e. The SMILES string of the molecule is COc1ccccc1N1C(=O)c2ccc(C(=O)Oc3ccc([N+](=O)[O-])cc3)cc2C1=O. The highest BCUT2D eigenvalue weighted by Gasteiger charge is 2.38. The van der Waals surface area contributed by atoms with E-state index >= 15 is 0 Å². The van der Waals surface area contributed by atoms with Gasteiger partial charge in [-0.25, -0.2) is 9.69 Å². The van der Waals surface area contributed by atoms with Crippen LogP contribution in [0.25, 0.3) is 0 Å². The van der Waals surface area contributed by atoms with Crippen molar-refractivity contribution in [2.24, 2.45) is 0 Å². The molecule has 0 atom stereocenters. The molecule has 2 amide bonds. The molecule has 3 aromatic rings. The van der Waals surface area contributed by atoms with Crippen LogP contribution in [-0.2, 0) is 0 Å². The Morgan fingerprint density at radius 3 is 2.29 bits per heavy atom. The standard InChI is InChI=1S/C22H14N2O7/c1-30-19-5-3-2-4-18(19)23-20(25)16-11-6-13(12-17(16)21(23)26)22(27)31-15-9-7-14(8-10-15)24(28)29/h2-12H,1H3. The Morgan fingerprint density at radius 2 is 1.61 bits per heavy atom. The Hall–Kier alpha value is -4.53. The fourth-order valence-corrected chi connectivity index (χ4v) is 3.20. The van der Waals surface area contributed by atoms with E-state index in [1.54, 1.807) is 24.3 Å². The van der Waals surface area contributed by atoms with Gasteiger partial charge in [-0.3, -0.25) is 19.7 Å². The minimum absolute atomic E-state index is 0.0557. The molecule has 0 aromatic heterocycles. The number of nitrogens with zero attached hydrogens (tertiary/aromatic N) is 2. The first-order chi connectivity index (χ1) is 14.9. The van der Waals surface area contributed by atoms with Gasteiger partial charge in [0, 0.05) is 12.1 Å². The number of anilines is 1. The summed E-state index contributed by atoms with van der Waals surface area (Å²) in [5.41, 5.74) is 0.432. The predicted octanol–water partition coefficient (Wildman–Crippen LogP) is 3.62. The number of imide groups is 1. The van der Waals surface area contributed by atoms with Crippen LogP contribution in [0.15, 0.2) is 66.7 Å². The van der Waals surface area contributed by atoms with E-state index < -0.39 is 22.7 Å². The van der Waals surface area contributed by atoms with Gasteiger partial charge < -0.3 is 9.47 Å². The number of nitro benzene ring substituents is 1. The van der Waals surface area contributed by atoms with Crippen molar-refractivity contribution in [1.82, 2.24) is 0 Å². The lowest BCUT2D eigenvalue weighted by atomic mass is 10.1. The molecule has 9 heteroatoms. The third kappa shape index (κ3) is 3.48. The molecule has 1 aliphatic heterocycles. The van der Waals surface area contributed by atoms with Crippen molar-refractivity contribution in [2.45, 2.75) is 0 Å². The summed E-state index contributed by atoms with van der Waals surface area (Å²) in [7, 11) is 1.43. The molecule has 154 valence electrons. The smallest absolute Gasteiger partial charge is 0.343 e. The van der Waals surface area contributed by atoms with Crippen LogP contribution in [0.3, 0.4) is 0 Å². The van der Waals surface area contributed by atoms with Gasteiger partial charge in [-0.15, -0.1) is 0 Å². The molecule has 3 aromatic carbocycles. The van der Waals surface area contributed by atoms with Gasteiger partial charge >= 0.3 is 5.97 Å². The van der Waals surface area contributed by atoms with E-state index in [1.165, 1.54) is 49.6 Å². The minimum Gasteiger partial charge on any atom is -0.495 e. The summed E-state index contributed by atoms with van der Waals surface area (Å²) in [5.74, 6) is -1.43. The first-order valence-corrected chi connectivity index (χ1v) is 9.03. The first kappa shape index (κ1) is 19.8. The Balaban J connectivity index is 1.61. The summed E-state index contributed by atoms with van der Waals surface area (Å²) >= 11 is 0. The van der Waals surface area contributed by atoms with Crippen molar-refractivity contribution in [2.75, 3.05) is 12.0 Å². The molecular weight excluding hydrogens is 404 g/mol. The Morgan fingerprint density at radius 1 is 0.935 bits per heavy atom. The third-order valence-corrected chi connectivity index (χ3v) is 4.71. The number of hydrogen-bond donors (Lipinski definition) is 0. The molecule has 9 nitrogen and oxygen atoms in total. The number of hydrogen-bond acceptors (Lipinski definition) is 7. The summed E-state index contributed by atoms with van der Waals surface area (Å²) in [6.07, 6.45) is 0. The average Bonchev–Trinajstić information content (AvgIpc) is 3.03. The normalized spacial score (nSPS) is 12.5. The monoisotopic (exact) mass is 418 g/mol. The molecule has 4 rings (SSSR count). The van der Waals surface area contributed by atoms with E-state index in [2.05, 4.69) is 0 Å². The zero-order valence-corrected chi connectivity index (χ0v) is 16.1. The van der Waals surface area contributed by atoms with Crippen molar-refractivity contribution in [3.8, 4) is 11.5 Å². The maximum atomic E-state index is 12.9. The number of carbonyl (C=O) groups is 3. The molecule has 0 aliphatic carbocycles. The molecule has 1 aliphatic rings. The molecule has 0 spiro atoms. The van der Waals surface area contributed by atoms with E-state index in [1.807, 2.05) is 0 Å². The van der Waals surface area contributed by atoms with Crippen LogP contribution in [0.4, 0.5) is 11.4 Å². The number of para-hydroxylation sites is 2. The van der Waals surface area contributed by atoms with Gasteiger partial charge in [-0.2, -0.15) is 0 Å². The Labute approximate surface area is 175 Å². The number of non-ortho nitro benzene ring substituents is 1. The number of ether oxygens (including phenoxy) is 2. The molecule has 0 bridgehead atoms. The number of esters is 1. The second-order valence-electron chi connectivity index (χ2n) is 6.52. The van der Waals surface area contributed by atoms with E-state index in [-0.39, 0.29) is 28.1 Å². The summed E-state index contributed by atoms with van der Waals surface area (Å²) in [5, 5.41) is 10.7. The fraction of sp³-hybridized carbons (Fsp3) is 0.0455. The average molecular weight is 418 g/mol. The van der Waals surface area contributed by atoms with Crippen molar-refractivity contribution in [3.63, 3.8) is 0 Å². The zero-order valence-electron chi connectivity index (χ0n) is 16.1. The van der Waals surface area contributed by atoms with Crippen molar-refractivity contribution in [3.05, 3.63) is 93.5 Å². The Kier molecular flexibility index (Phi) is 4.92. The number of fused-ring (bicyclic) bond motifs is 1. The van der Waals surface area contributed by atoms with Gasteiger partial charge in [-0.05, 0) is 42.5 Å². The molecule has 0 unspecified atom stereocenters. The highest BCUT2D eigenvalue weighted by molar-refractivity contribution is 6.35. The third-order valence-electron chi connectivity index (χ3n) is 4.71. The topological polar surface area (TPSA) is 116 Å². The molecule has 31 heavy (non-hydrogen) atoms. The van der Waals surface area contributed by atoms with Crippen LogP contribution >= 0.6 is 0 Å². The molecule has 0 fully saturated rings. The van der Waals surface area contributed by atoms with Crippen molar-refractivity contribution < 1.29 is 28.8 Å². The zero-order chi connectivity index (χ0) is 22.1. The summed E-state index contributed by atoms with van der Waals surface area (Å²) in [6.45, 7) is 0. The maximum absolute atomic E-state index is 12.9. The van der Waals surface area contributed by atoms with Gasteiger partial charge in [0.15, 0.2) is 0 Å². The summed E-state index contributed by atoms with van der Waals surface area (Å²) in [4.78, 5) is 49.4. The van der Waals surface area contributed by atoms with Crippen LogP contribution in [-0.4, -0.2) is 29.8 Å². The Bertz CT molecular complexity index is 1230. The number of amides is 2. The largest absolute Gasteiger partial charge is 0.495 e. The van der Waals surface area contributed by atoms with Crippen LogP contribution < -0.4 is 14.4 Å². The van der Waals surface area contributed by atoms with E-state index in [0.717, 1.165) is 4.90 Å². The summed E-state index contributed by atoms with van der Waals surface area (Å²) < 4.78 is 10.5. The lowest BCUT2D eigenvalue weighted by Crippen LogP contribution is -2.29. The van der Waals surface area contributed by atoms with Crippen molar-refractivity contribution in [1.29, 1.82) is 0 Å². The van der Waals surface area contributed by atoms with Crippen LogP contribution in [0, 0.1) is 10.1 Å². The van der Waals surface area contributed by atoms with Crippen LogP contribution in [0.1, 0.15) is 31.1 Å².